The van der Waals surface area contributed by atoms with Crippen LogP contribution in [0.15, 0.2) is 0 Å². The zero-order chi connectivity index (χ0) is 14.5. The number of aromatic nitrogens is 2. The standard InChI is InChI=1S/C15H26N4S/c1-5-6-13-18-14(16-3)10(2)15(19-13)17-11-7-8-12(9-11)20-4/h11-12H,5-9H2,1-4H3,(H2,16,17,18,19). The van der Waals surface area contributed by atoms with Crippen LogP contribution in [0, 0.1) is 6.92 Å². The van der Waals surface area contributed by atoms with Crippen molar-refractivity contribution >= 4 is 23.4 Å². The Kier molecular flexibility index (Phi) is 5.52. The lowest BCUT2D eigenvalue weighted by atomic mass is 10.2. The Labute approximate surface area is 126 Å². The van der Waals surface area contributed by atoms with Gasteiger partial charge in [0.1, 0.15) is 17.5 Å². The number of nitrogens with zero attached hydrogens (tertiary/aromatic N) is 2. The first-order valence-electron chi connectivity index (χ1n) is 7.52. The van der Waals surface area contributed by atoms with Crippen molar-refractivity contribution in [2.45, 2.75) is 57.2 Å². The summed E-state index contributed by atoms with van der Waals surface area (Å²) in [6, 6.07) is 0.556. The predicted molar refractivity (Wildman–Crippen MR) is 88.9 cm³/mol. The van der Waals surface area contributed by atoms with E-state index in [4.69, 9.17) is 4.98 Å². The van der Waals surface area contributed by atoms with Crippen LogP contribution >= 0.6 is 11.8 Å². The average Bonchev–Trinajstić information content (AvgIpc) is 2.90. The van der Waals surface area contributed by atoms with Crippen molar-refractivity contribution in [3.8, 4) is 0 Å². The van der Waals surface area contributed by atoms with Crippen LogP contribution in [0.2, 0.25) is 0 Å². The van der Waals surface area contributed by atoms with Gasteiger partial charge in [-0.1, -0.05) is 6.92 Å². The highest BCUT2D eigenvalue weighted by Gasteiger charge is 2.25. The molecule has 0 aromatic carbocycles. The minimum Gasteiger partial charge on any atom is -0.373 e. The smallest absolute Gasteiger partial charge is 0.134 e. The molecule has 0 amide bonds. The first-order valence-corrected chi connectivity index (χ1v) is 8.81. The first-order chi connectivity index (χ1) is 9.67. The van der Waals surface area contributed by atoms with E-state index < -0.39 is 0 Å². The summed E-state index contributed by atoms with van der Waals surface area (Å²) >= 11 is 1.98. The molecule has 2 unspecified atom stereocenters. The van der Waals surface area contributed by atoms with Crippen molar-refractivity contribution in [3.05, 3.63) is 11.4 Å². The van der Waals surface area contributed by atoms with Gasteiger partial charge in [-0.25, -0.2) is 9.97 Å². The minimum atomic E-state index is 0.556. The summed E-state index contributed by atoms with van der Waals surface area (Å²) in [5, 5.41) is 7.63. The molecule has 1 aromatic rings. The van der Waals surface area contributed by atoms with Gasteiger partial charge >= 0.3 is 0 Å². The molecule has 0 aliphatic heterocycles. The highest BCUT2D eigenvalue weighted by Crippen LogP contribution is 2.31. The van der Waals surface area contributed by atoms with E-state index in [1.165, 1.54) is 19.3 Å². The largest absolute Gasteiger partial charge is 0.373 e. The second-order valence-electron chi connectivity index (χ2n) is 5.47. The van der Waals surface area contributed by atoms with Gasteiger partial charge in [0.05, 0.1) is 0 Å². The van der Waals surface area contributed by atoms with E-state index in [0.29, 0.717) is 6.04 Å². The molecule has 1 aromatic heterocycles. The lowest BCUT2D eigenvalue weighted by molar-refractivity contribution is 0.744. The van der Waals surface area contributed by atoms with Gasteiger partial charge in [-0.2, -0.15) is 11.8 Å². The fraction of sp³-hybridized carbons (Fsp3) is 0.733. The molecule has 1 fully saturated rings. The second kappa shape index (κ2) is 7.16. The minimum absolute atomic E-state index is 0.556. The van der Waals surface area contributed by atoms with Gasteiger partial charge < -0.3 is 10.6 Å². The third-order valence-corrected chi connectivity index (χ3v) is 5.06. The summed E-state index contributed by atoms with van der Waals surface area (Å²) < 4.78 is 0. The Morgan fingerprint density at radius 3 is 2.60 bits per heavy atom. The Bertz CT molecular complexity index is 450. The van der Waals surface area contributed by atoms with Crippen molar-refractivity contribution in [1.82, 2.24) is 9.97 Å². The molecule has 0 saturated heterocycles. The van der Waals surface area contributed by atoms with E-state index in [1.807, 2.05) is 18.8 Å². The summed E-state index contributed by atoms with van der Waals surface area (Å²) in [6.07, 6.45) is 8.01. The number of hydrogen-bond acceptors (Lipinski definition) is 5. The summed E-state index contributed by atoms with van der Waals surface area (Å²) in [4.78, 5) is 9.30. The number of rotatable bonds is 6. The molecule has 0 bridgehead atoms. The van der Waals surface area contributed by atoms with Crippen LogP contribution < -0.4 is 10.6 Å². The molecule has 2 N–H and O–H groups in total. The van der Waals surface area contributed by atoms with Crippen molar-refractivity contribution < 1.29 is 0 Å². The molecule has 2 atom stereocenters. The van der Waals surface area contributed by atoms with Crippen LogP contribution in [-0.2, 0) is 6.42 Å². The number of thioether (sulfide) groups is 1. The number of aryl methyl sites for hydroxylation is 1. The van der Waals surface area contributed by atoms with E-state index in [-0.39, 0.29) is 0 Å². The molecule has 2 rings (SSSR count). The summed E-state index contributed by atoms with van der Waals surface area (Å²) in [6.45, 7) is 4.25. The van der Waals surface area contributed by atoms with Gasteiger partial charge in [0.15, 0.2) is 0 Å². The number of nitrogens with one attached hydrogen (secondary N) is 2. The molecular weight excluding hydrogens is 268 g/mol. The van der Waals surface area contributed by atoms with E-state index >= 15 is 0 Å². The van der Waals surface area contributed by atoms with Crippen molar-refractivity contribution in [3.63, 3.8) is 0 Å². The van der Waals surface area contributed by atoms with E-state index in [1.54, 1.807) is 0 Å². The molecule has 1 aliphatic rings. The molecule has 1 saturated carbocycles. The fourth-order valence-corrected chi connectivity index (χ4v) is 3.56. The molecule has 5 heteroatoms. The molecule has 112 valence electrons. The lowest BCUT2D eigenvalue weighted by Crippen LogP contribution is -2.19. The summed E-state index contributed by atoms with van der Waals surface area (Å²) in [5.74, 6) is 2.90. The monoisotopic (exact) mass is 294 g/mol. The fourth-order valence-electron chi connectivity index (χ4n) is 2.76. The van der Waals surface area contributed by atoms with Crippen molar-refractivity contribution in [2.24, 2.45) is 0 Å². The lowest BCUT2D eigenvalue weighted by Gasteiger charge is -2.18. The van der Waals surface area contributed by atoms with Gasteiger partial charge in [0.25, 0.3) is 0 Å². The molecular formula is C15H26N4S. The Morgan fingerprint density at radius 2 is 2.00 bits per heavy atom. The second-order valence-corrected chi connectivity index (χ2v) is 6.61. The van der Waals surface area contributed by atoms with E-state index in [2.05, 4.69) is 35.7 Å². The van der Waals surface area contributed by atoms with Gasteiger partial charge in [-0.05, 0) is 38.9 Å². The third kappa shape index (κ3) is 3.57. The Hall–Kier alpha value is -0.970. The quantitative estimate of drug-likeness (QED) is 0.841. The van der Waals surface area contributed by atoms with Gasteiger partial charge in [0.2, 0.25) is 0 Å². The first kappa shape index (κ1) is 15.4. The summed E-state index contributed by atoms with van der Waals surface area (Å²) in [5.41, 5.74) is 1.12. The number of hydrogen-bond donors (Lipinski definition) is 2. The highest BCUT2D eigenvalue weighted by atomic mass is 32.2. The third-order valence-electron chi connectivity index (χ3n) is 3.96. The average molecular weight is 294 g/mol. The van der Waals surface area contributed by atoms with Crippen molar-refractivity contribution in [1.29, 1.82) is 0 Å². The zero-order valence-corrected chi connectivity index (χ0v) is 13.8. The van der Waals surface area contributed by atoms with Crippen LogP contribution in [0.1, 0.15) is 44.0 Å². The summed E-state index contributed by atoms with van der Waals surface area (Å²) in [7, 11) is 1.92. The zero-order valence-electron chi connectivity index (χ0n) is 13.0. The molecule has 0 radical (unpaired) electrons. The van der Waals surface area contributed by atoms with Crippen LogP contribution in [0.5, 0.6) is 0 Å². The van der Waals surface area contributed by atoms with E-state index in [0.717, 1.165) is 41.1 Å². The number of anilines is 2. The molecule has 1 aliphatic carbocycles. The van der Waals surface area contributed by atoms with Crippen LogP contribution in [0.3, 0.4) is 0 Å². The van der Waals surface area contributed by atoms with Gasteiger partial charge in [-0.3, -0.25) is 0 Å². The van der Waals surface area contributed by atoms with Gasteiger partial charge in [-0.15, -0.1) is 0 Å². The highest BCUT2D eigenvalue weighted by molar-refractivity contribution is 7.99. The molecule has 20 heavy (non-hydrogen) atoms. The predicted octanol–water partition coefficient (Wildman–Crippen LogP) is 3.48. The topological polar surface area (TPSA) is 49.8 Å². The maximum atomic E-state index is 4.72. The Morgan fingerprint density at radius 1 is 1.25 bits per heavy atom. The van der Waals surface area contributed by atoms with Crippen LogP contribution in [0.25, 0.3) is 0 Å². The maximum absolute atomic E-state index is 4.72. The van der Waals surface area contributed by atoms with E-state index in [9.17, 15) is 0 Å². The molecule has 4 nitrogen and oxygen atoms in total. The normalized spacial score (nSPS) is 22.0. The molecule has 0 spiro atoms. The maximum Gasteiger partial charge on any atom is 0.134 e. The Balaban J connectivity index is 2.15. The SMILES string of the molecule is CCCc1nc(NC)c(C)c(NC2CCC(SC)C2)n1. The van der Waals surface area contributed by atoms with Crippen LogP contribution in [-0.4, -0.2) is 34.6 Å². The van der Waals surface area contributed by atoms with Crippen LogP contribution in [0.4, 0.5) is 11.6 Å². The molecule has 1 heterocycles. The van der Waals surface area contributed by atoms with Gasteiger partial charge in [0, 0.05) is 30.3 Å². The van der Waals surface area contributed by atoms with Crippen molar-refractivity contribution in [2.75, 3.05) is 23.9 Å².